The molecule has 2 aliphatic heterocycles. The van der Waals surface area contributed by atoms with E-state index in [1.807, 2.05) is 30.5 Å². The molecule has 3 aromatic rings. The van der Waals surface area contributed by atoms with Gasteiger partial charge in [-0.2, -0.15) is 0 Å². The maximum atomic E-state index is 4.98. The smallest absolute Gasteiger partial charge is 0.314 e. The van der Waals surface area contributed by atoms with Crippen LogP contribution in [0.4, 0.5) is 5.69 Å². The first-order chi connectivity index (χ1) is 15.5. The molecule has 0 saturated heterocycles. The number of pyridine rings is 1. The molecule has 1 aromatic heterocycles. The second-order valence-corrected chi connectivity index (χ2v) is 9.04. The van der Waals surface area contributed by atoms with Crippen LogP contribution in [0.2, 0.25) is 0 Å². The molecule has 167 valence electrons. The van der Waals surface area contributed by atoms with E-state index in [9.17, 15) is 0 Å². The summed E-state index contributed by atoms with van der Waals surface area (Å²) in [5, 5.41) is 0. The summed E-state index contributed by atoms with van der Waals surface area (Å²) in [6.45, 7) is 9.18. The van der Waals surface area contributed by atoms with E-state index in [1.165, 1.54) is 22.1 Å². The zero-order chi connectivity index (χ0) is 22.2. The zero-order valence-electron chi connectivity index (χ0n) is 19.4. The number of fused-ring (bicyclic) bond motifs is 2. The largest absolute Gasteiger partial charge is 0.450 e. The van der Waals surface area contributed by atoms with E-state index in [0.717, 1.165) is 22.8 Å². The first-order valence-electron chi connectivity index (χ1n) is 11.4. The summed E-state index contributed by atoms with van der Waals surface area (Å²) < 4.78 is 0. The molecule has 0 fully saturated rings. The summed E-state index contributed by atoms with van der Waals surface area (Å²) in [6.07, 6.45) is 9.41. The van der Waals surface area contributed by atoms with Crippen LogP contribution in [-0.2, 0) is 20.1 Å². The third-order valence-corrected chi connectivity index (χ3v) is 6.27. The van der Waals surface area contributed by atoms with E-state index in [0.29, 0.717) is 11.8 Å². The summed E-state index contributed by atoms with van der Waals surface area (Å²) in [5.41, 5.74) is 8.34. The fourth-order valence-electron chi connectivity index (χ4n) is 4.73. The minimum atomic E-state index is 0. The van der Waals surface area contributed by atoms with Gasteiger partial charge in [0.05, 0.1) is 5.69 Å². The van der Waals surface area contributed by atoms with Crippen LogP contribution >= 0.6 is 0 Å². The van der Waals surface area contributed by atoms with Crippen LogP contribution in [-0.4, -0.2) is 22.5 Å². The summed E-state index contributed by atoms with van der Waals surface area (Å²) in [5.74, 6) is 1.76. The predicted octanol–water partition coefficient (Wildman–Crippen LogP) is 5.19. The van der Waals surface area contributed by atoms with E-state index in [4.69, 9.17) is 4.99 Å². The monoisotopic (exact) mass is 609 g/mol. The molecule has 0 N–H and O–H groups in total. The van der Waals surface area contributed by atoms with Gasteiger partial charge in [-0.15, -0.1) is 17.7 Å². The fraction of sp³-hybridized carbons (Fsp3) is 0.214. The van der Waals surface area contributed by atoms with E-state index >= 15 is 0 Å². The van der Waals surface area contributed by atoms with Crippen molar-refractivity contribution >= 4 is 34.9 Å². The molecule has 0 unspecified atom stereocenters. The van der Waals surface area contributed by atoms with Crippen LogP contribution in [0.15, 0.2) is 84.1 Å². The molecule has 5 heteroatoms. The Kier molecular flexibility index (Phi) is 6.83. The number of nitrogens with zero attached hydrogens (tertiary/aromatic N) is 3. The van der Waals surface area contributed by atoms with E-state index in [1.54, 1.807) is 0 Å². The number of amidine groups is 1. The topological polar surface area (TPSA) is 28.5 Å². The van der Waals surface area contributed by atoms with Crippen molar-refractivity contribution in [3.8, 4) is 0 Å². The molecular weight excluding hydrogens is 581 g/mol. The van der Waals surface area contributed by atoms with E-state index < -0.39 is 0 Å². The Labute approximate surface area is 210 Å². The standard InChI is InChI=1S/C28H27BN3.Ir/c1-19(2)22-10-9-11-23(20(3)4)28(22)29-24-12-5-6-14-26(24)31-27-16-15-21(18-32(27)29)25-13-7-8-17-30-25;/h5-14,16-20H,1-4H3;/q-1;. The van der Waals surface area contributed by atoms with Gasteiger partial charge in [-0.3, -0.25) is 4.99 Å². The van der Waals surface area contributed by atoms with Gasteiger partial charge in [-0.05, 0) is 51.7 Å². The van der Waals surface area contributed by atoms with Crippen LogP contribution in [0.3, 0.4) is 0 Å². The van der Waals surface area contributed by atoms with Crippen molar-refractivity contribution in [3.05, 3.63) is 102 Å². The minimum absolute atomic E-state index is 0. The number of aliphatic imine (C=N–C) groups is 1. The number of aromatic nitrogens is 1. The third-order valence-electron chi connectivity index (χ3n) is 6.27. The number of hydrogen-bond acceptors (Lipinski definition) is 3. The Hall–Kier alpha value is -2.75. The van der Waals surface area contributed by atoms with Crippen molar-refractivity contribution in [1.82, 2.24) is 9.79 Å². The van der Waals surface area contributed by atoms with Gasteiger partial charge < -0.3 is 9.79 Å². The quantitative estimate of drug-likeness (QED) is 0.302. The number of para-hydroxylation sites is 1. The predicted molar refractivity (Wildman–Crippen MR) is 135 cm³/mol. The first-order valence-corrected chi connectivity index (χ1v) is 11.4. The van der Waals surface area contributed by atoms with Gasteiger partial charge >= 0.3 is 6.85 Å². The number of hydrogen-bond donors (Lipinski definition) is 0. The molecule has 3 heterocycles. The van der Waals surface area contributed by atoms with Crippen LogP contribution < -0.4 is 10.9 Å². The average Bonchev–Trinajstić information content (AvgIpc) is 2.82. The molecule has 2 aliphatic rings. The SMILES string of the molecule is CC(C)c1cccc(C(C)C)c1B1c2ccccc2N=C2C=[C-]C(c3ccccn3)=CN12.[Ir]. The summed E-state index contributed by atoms with van der Waals surface area (Å²) in [4.78, 5) is 11.9. The van der Waals surface area contributed by atoms with Crippen molar-refractivity contribution in [1.29, 1.82) is 0 Å². The maximum absolute atomic E-state index is 4.98. The second-order valence-electron chi connectivity index (χ2n) is 9.04. The molecule has 0 saturated carbocycles. The van der Waals surface area contributed by atoms with Crippen LogP contribution in [0.5, 0.6) is 0 Å². The van der Waals surface area contributed by atoms with Crippen LogP contribution in [0.1, 0.15) is 56.4 Å². The number of rotatable bonds is 4. The molecule has 3 nitrogen and oxygen atoms in total. The molecule has 0 atom stereocenters. The Morgan fingerprint density at radius 1 is 0.848 bits per heavy atom. The van der Waals surface area contributed by atoms with Gasteiger partial charge in [0.25, 0.3) is 0 Å². The molecule has 0 amide bonds. The van der Waals surface area contributed by atoms with Gasteiger partial charge in [-0.1, -0.05) is 82.4 Å². The normalized spacial score (nSPS) is 14.5. The Bertz CT molecular complexity index is 1220. The van der Waals surface area contributed by atoms with Gasteiger partial charge in [-0.25, -0.2) is 0 Å². The second kappa shape index (κ2) is 9.63. The Morgan fingerprint density at radius 3 is 2.21 bits per heavy atom. The molecule has 0 aliphatic carbocycles. The van der Waals surface area contributed by atoms with Gasteiger partial charge in [0, 0.05) is 32.1 Å². The molecule has 1 radical (unpaired) electrons. The van der Waals surface area contributed by atoms with Crippen LogP contribution in [0, 0.1) is 6.08 Å². The van der Waals surface area contributed by atoms with Crippen molar-refractivity contribution < 1.29 is 20.1 Å². The number of benzene rings is 2. The summed E-state index contributed by atoms with van der Waals surface area (Å²) in [6, 6.07) is 21.3. The minimum Gasteiger partial charge on any atom is -0.450 e. The molecule has 2 aromatic carbocycles. The van der Waals surface area contributed by atoms with Gasteiger partial charge in [0.2, 0.25) is 0 Å². The van der Waals surface area contributed by atoms with Crippen molar-refractivity contribution in [2.24, 2.45) is 4.99 Å². The van der Waals surface area contributed by atoms with E-state index in [-0.39, 0.29) is 27.0 Å². The zero-order valence-corrected chi connectivity index (χ0v) is 21.8. The molecule has 0 bridgehead atoms. The maximum Gasteiger partial charge on any atom is 0.314 e. The number of allylic oxidation sites excluding steroid dienone is 2. The third kappa shape index (κ3) is 4.28. The fourth-order valence-corrected chi connectivity index (χ4v) is 4.73. The Morgan fingerprint density at radius 2 is 1.55 bits per heavy atom. The molecule has 0 spiro atoms. The average molecular weight is 609 g/mol. The molecule has 33 heavy (non-hydrogen) atoms. The summed E-state index contributed by atoms with van der Waals surface area (Å²) >= 11 is 0. The van der Waals surface area contributed by atoms with Crippen molar-refractivity contribution in [2.75, 3.05) is 0 Å². The van der Waals surface area contributed by atoms with E-state index in [2.05, 4.69) is 92.2 Å². The Balaban J connectivity index is 0.00000259. The van der Waals surface area contributed by atoms with Crippen LogP contribution in [0.25, 0.3) is 5.57 Å². The van der Waals surface area contributed by atoms with Gasteiger partial charge in [0.15, 0.2) is 0 Å². The first kappa shape index (κ1) is 23.4. The molecule has 5 rings (SSSR count). The molecular formula is C28H27BIrN3-. The van der Waals surface area contributed by atoms with Crippen molar-refractivity contribution in [2.45, 2.75) is 39.5 Å². The summed E-state index contributed by atoms with van der Waals surface area (Å²) in [7, 11) is 0. The van der Waals surface area contributed by atoms with Crippen molar-refractivity contribution in [3.63, 3.8) is 0 Å². The van der Waals surface area contributed by atoms with Gasteiger partial charge in [0.1, 0.15) is 0 Å².